The van der Waals surface area contributed by atoms with Crippen molar-refractivity contribution >= 4 is 38.9 Å². The van der Waals surface area contributed by atoms with Crippen molar-refractivity contribution in [2.45, 2.75) is 11.8 Å². The molecule has 1 amide bonds. The van der Waals surface area contributed by atoms with Crippen molar-refractivity contribution in [2.75, 3.05) is 43.5 Å². The van der Waals surface area contributed by atoms with Crippen LogP contribution in [0.2, 0.25) is 5.02 Å². The second kappa shape index (κ2) is 8.91. The Labute approximate surface area is 169 Å². The summed E-state index contributed by atoms with van der Waals surface area (Å²) in [5.74, 6) is -0.244. The number of nitrogens with one attached hydrogen (secondary N) is 2. The van der Waals surface area contributed by atoms with Gasteiger partial charge in [-0.25, -0.2) is 8.42 Å². The van der Waals surface area contributed by atoms with Crippen LogP contribution in [0.15, 0.2) is 47.4 Å². The van der Waals surface area contributed by atoms with Crippen molar-refractivity contribution in [1.82, 2.24) is 4.31 Å². The van der Waals surface area contributed by atoms with Crippen LogP contribution in [0, 0.1) is 6.92 Å². The van der Waals surface area contributed by atoms with Gasteiger partial charge in [-0.2, -0.15) is 4.31 Å². The number of morpholine rings is 1. The number of hydrogen-bond acceptors (Lipinski definition) is 5. The lowest BCUT2D eigenvalue weighted by molar-refractivity contribution is -0.114. The average molecular weight is 424 g/mol. The van der Waals surface area contributed by atoms with Crippen molar-refractivity contribution in [3.8, 4) is 0 Å². The van der Waals surface area contributed by atoms with Gasteiger partial charge in [0.1, 0.15) is 0 Å². The maximum atomic E-state index is 12.7. The summed E-state index contributed by atoms with van der Waals surface area (Å²) in [6.45, 7) is 3.31. The lowest BCUT2D eigenvalue weighted by Crippen LogP contribution is -2.40. The van der Waals surface area contributed by atoms with Crippen LogP contribution in [0.3, 0.4) is 0 Å². The zero-order valence-corrected chi connectivity index (χ0v) is 17.0. The van der Waals surface area contributed by atoms with Gasteiger partial charge in [-0.3, -0.25) is 4.79 Å². The summed E-state index contributed by atoms with van der Waals surface area (Å²) in [7, 11) is -3.58. The molecule has 1 aliphatic heterocycles. The molecule has 0 aromatic heterocycles. The summed E-state index contributed by atoms with van der Waals surface area (Å²) in [4.78, 5) is 12.4. The fraction of sp³-hybridized carbons (Fsp3) is 0.316. The van der Waals surface area contributed by atoms with Crippen LogP contribution in [0.25, 0.3) is 0 Å². The highest BCUT2D eigenvalue weighted by molar-refractivity contribution is 7.89. The van der Waals surface area contributed by atoms with Gasteiger partial charge in [0.15, 0.2) is 0 Å². The fourth-order valence-electron chi connectivity index (χ4n) is 2.85. The minimum absolute atomic E-state index is 0.00310. The lowest BCUT2D eigenvalue weighted by atomic mass is 10.2. The van der Waals surface area contributed by atoms with Crippen molar-refractivity contribution in [3.63, 3.8) is 0 Å². The van der Waals surface area contributed by atoms with Crippen LogP contribution in [0.5, 0.6) is 0 Å². The van der Waals surface area contributed by atoms with Crippen LogP contribution in [0.4, 0.5) is 11.4 Å². The average Bonchev–Trinajstić information content (AvgIpc) is 2.69. The largest absolute Gasteiger partial charge is 0.379 e. The number of aryl methyl sites for hydroxylation is 1. The summed E-state index contributed by atoms with van der Waals surface area (Å²) in [5.41, 5.74) is 2.09. The van der Waals surface area contributed by atoms with E-state index >= 15 is 0 Å². The van der Waals surface area contributed by atoms with Crippen LogP contribution in [-0.4, -0.2) is 51.5 Å². The number of ether oxygens (including phenoxy) is 1. The number of carbonyl (C=O) groups excluding carboxylic acids is 1. The first-order valence-electron chi connectivity index (χ1n) is 8.84. The normalized spacial score (nSPS) is 15.2. The summed E-state index contributed by atoms with van der Waals surface area (Å²) < 4.78 is 32.1. The van der Waals surface area contributed by atoms with Gasteiger partial charge in [-0.05, 0) is 48.9 Å². The number of sulfonamides is 1. The summed E-state index contributed by atoms with van der Waals surface area (Å²) >= 11 is 5.92. The Bertz CT molecular complexity index is 959. The van der Waals surface area contributed by atoms with Gasteiger partial charge < -0.3 is 15.4 Å². The van der Waals surface area contributed by atoms with Crippen LogP contribution in [0.1, 0.15) is 5.56 Å². The monoisotopic (exact) mass is 423 g/mol. The maximum absolute atomic E-state index is 12.7. The van der Waals surface area contributed by atoms with Gasteiger partial charge in [-0.1, -0.05) is 17.7 Å². The quantitative estimate of drug-likeness (QED) is 0.745. The molecule has 150 valence electrons. The topological polar surface area (TPSA) is 87.7 Å². The molecule has 1 aliphatic rings. The molecule has 0 spiro atoms. The number of nitrogens with zero attached hydrogens (tertiary/aromatic N) is 1. The maximum Gasteiger partial charge on any atom is 0.243 e. The van der Waals surface area contributed by atoms with Gasteiger partial charge in [0.25, 0.3) is 0 Å². The number of benzene rings is 2. The molecule has 2 aromatic rings. The standard InChI is InChI=1S/C19H22ClN3O4S/c1-14-11-15(20)5-6-18(14)22-19(24)13-21-16-3-2-4-17(12-16)28(25,26)23-7-9-27-10-8-23/h2-6,11-12,21H,7-10,13H2,1H3,(H,22,24). The highest BCUT2D eigenvalue weighted by Crippen LogP contribution is 2.21. The molecule has 1 fully saturated rings. The number of carbonyl (C=O) groups is 1. The Balaban J connectivity index is 1.63. The minimum Gasteiger partial charge on any atom is -0.379 e. The van der Waals surface area contributed by atoms with E-state index < -0.39 is 10.0 Å². The molecule has 0 aliphatic carbocycles. The molecular formula is C19H22ClN3O4S. The third-order valence-electron chi connectivity index (χ3n) is 4.36. The minimum atomic E-state index is -3.58. The molecule has 28 heavy (non-hydrogen) atoms. The highest BCUT2D eigenvalue weighted by atomic mass is 35.5. The van der Waals surface area contributed by atoms with E-state index in [1.54, 1.807) is 36.4 Å². The molecule has 9 heteroatoms. The Morgan fingerprint density at radius 3 is 2.64 bits per heavy atom. The third-order valence-corrected chi connectivity index (χ3v) is 6.49. The molecule has 0 atom stereocenters. The zero-order valence-electron chi connectivity index (χ0n) is 15.4. The molecule has 1 saturated heterocycles. The second-order valence-corrected chi connectivity index (χ2v) is 8.78. The Morgan fingerprint density at radius 2 is 1.93 bits per heavy atom. The van der Waals surface area contributed by atoms with E-state index in [9.17, 15) is 13.2 Å². The number of halogens is 1. The number of amides is 1. The molecule has 1 heterocycles. The fourth-order valence-corrected chi connectivity index (χ4v) is 4.53. The van der Waals surface area contributed by atoms with E-state index in [2.05, 4.69) is 10.6 Å². The molecule has 7 nitrogen and oxygen atoms in total. The summed E-state index contributed by atoms with van der Waals surface area (Å²) in [5, 5.41) is 6.37. The number of anilines is 2. The van der Waals surface area contributed by atoms with Crippen molar-refractivity contribution in [3.05, 3.63) is 53.1 Å². The van der Waals surface area contributed by atoms with Crippen LogP contribution >= 0.6 is 11.6 Å². The molecule has 0 bridgehead atoms. The number of rotatable bonds is 6. The van der Waals surface area contributed by atoms with Gasteiger partial charge >= 0.3 is 0 Å². The van der Waals surface area contributed by atoms with E-state index in [1.807, 2.05) is 6.92 Å². The first-order chi connectivity index (χ1) is 13.4. The van der Waals surface area contributed by atoms with E-state index in [1.165, 1.54) is 10.4 Å². The molecule has 2 aromatic carbocycles. The Kier molecular flexibility index (Phi) is 6.56. The number of hydrogen-bond donors (Lipinski definition) is 2. The van der Waals surface area contributed by atoms with Gasteiger partial charge in [0.05, 0.1) is 24.7 Å². The van der Waals surface area contributed by atoms with Gasteiger partial charge in [0.2, 0.25) is 15.9 Å². The first-order valence-corrected chi connectivity index (χ1v) is 10.7. The van der Waals surface area contributed by atoms with Crippen molar-refractivity contribution in [2.24, 2.45) is 0 Å². The SMILES string of the molecule is Cc1cc(Cl)ccc1NC(=O)CNc1cccc(S(=O)(=O)N2CCOCC2)c1. The first kappa shape index (κ1) is 20.6. The summed E-state index contributed by atoms with van der Waals surface area (Å²) in [6, 6.07) is 11.7. The summed E-state index contributed by atoms with van der Waals surface area (Å²) in [6.07, 6.45) is 0. The van der Waals surface area contributed by atoms with Gasteiger partial charge in [0, 0.05) is 29.5 Å². The zero-order chi connectivity index (χ0) is 20.1. The molecule has 0 unspecified atom stereocenters. The molecular weight excluding hydrogens is 402 g/mol. The smallest absolute Gasteiger partial charge is 0.243 e. The van der Waals surface area contributed by atoms with E-state index in [0.29, 0.717) is 42.7 Å². The molecule has 2 N–H and O–H groups in total. The predicted octanol–water partition coefficient (Wildman–Crippen LogP) is 2.72. The molecule has 3 rings (SSSR count). The molecule has 0 radical (unpaired) electrons. The lowest BCUT2D eigenvalue weighted by Gasteiger charge is -2.26. The van der Waals surface area contributed by atoms with Crippen LogP contribution in [-0.2, 0) is 19.6 Å². The Morgan fingerprint density at radius 1 is 1.18 bits per heavy atom. The Hall–Kier alpha value is -2.13. The van der Waals surface area contributed by atoms with Crippen LogP contribution < -0.4 is 10.6 Å². The molecule has 0 saturated carbocycles. The second-order valence-electron chi connectivity index (χ2n) is 6.41. The highest BCUT2D eigenvalue weighted by Gasteiger charge is 2.26. The van der Waals surface area contributed by atoms with Crippen molar-refractivity contribution in [1.29, 1.82) is 0 Å². The predicted molar refractivity (Wildman–Crippen MR) is 109 cm³/mol. The third kappa shape index (κ3) is 5.02. The van der Waals surface area contributed by atoms with E-state index in [-0.39, 0.29) is 17.3 Å². The van der Waals surface area contributed by atoms with E-state index in [4.69, 9.17) is 16.3 Å². The van der Waals surface area contributed by atoms with E-state index in [0.717, 1.165) is 5.56 Å². The van der Waals surface area contributed by atoms with Crippen molar-refractivity contribution < 1.29 is 17.9 Å². The van der Waals surface area contributed by atoms with Gasteiger partial charge in [-0.15, -0.1) is 0 Å².